The molecule has 0 saturated carbocycles. The van der Waals surface area contributed by atoms with Crippen molar-refractivity contribution in [3.63, 3.8) is 0 Å². The fraction of sp³-hybridized carbons (Fsp3) is 1.00. The third-order valence-electron chi connectivity index (χ3n) is 0. The van der Waals surface area contributed by atoms with E-state index in [4.69, 9.17) is 0 Å². The summed E-state index contributed by atoms with van der Waals surface area (Å²) in [6.07, 6.45) is 1.69. The molecule has 0 aliphatic rings. The Labute approximate surface area is 145 Å². The highest BCUT2D eigenvalue weighted by Gasteiger charge is 0.950. The molecule has 0 nitrogen and oxygen atoms in total. The van der Waals surface area contributed by atoms with Crippen LogP contribution < -0.4 is 0 Å². The summed E-state index contributed by atoms with van der Waals surface area (Å²) in [6.45, 7) is 1.92. The van der Waals surface area contributed by atoms with Crippen molar-refractivity contribution in [3.05, 3.63) is 0 Å². The minimum Gasteiger partial charge on any atom is -0.197 e. The Morgan fingerprint density at radius 1 is 0.786 bits per heavy atom. The first-order valence-electron chi connectivity index (χ1n) is 1.40. The van der Waals surface area contributed by atoms with Gasteiger partial charge in [-0.3, -0.25) is 0 Å². The molecule has 14 heavy (non-hydrogen) atoms. The maximum Gasteiger partial charge on any atom is -0.0121 e. The van der Waals surface area contributed by atoms with Crippen molar-refractivity contribution >= 4 is 91.8 Å². The average molecular weight is 514 g/mol. The van der Waals surface area contributed by atoms with Crippen LogP contribution in [0.3, 0.4) is 0 Å². The molecule has 0 aromatic rings. The normalized spacial score (nSPS) is 1.29. The molecule has 106 valence electrons. The van der Waals surface area contributed by atoms with Crippen LogP contribution in [0.1, 0.15) is 37.1 Å². The van der Waals surface area contributed by atoms with Gasteiger partial charge in [0.1, 0.15) is 0 Å². The molecule has 0 aromatic carbocycles. The minimum atomic E-state index is 0. The Kier molecular flexibility index (Phi) is 3410. The van der Waals surface area contributed by atoms with E-state index in [2.05, 4.69) is 44.5 Å². The Morgan fingerprint density at radius 3 is 0.786 bits per heavy atom. The predicted octanol–water partition coefficient (Wildman–Crippen LogP) is 6.06. The molecule has 0 saturated heterocycles. The topological polar surface area (TPSA) is 0 Å². The zero-order valence-corrected chi connectivity index (χ0v) is 15.0. The van der Waals surface area contributed by atoms with E-state index < -0.39 is 0 Å². The lowest BCUT2D eigenvalue weighted by molar-refractivity contribution is 2.50. The second kappa shape index (κ2) is 396. The number of thiol groups is 1. The van der Waals surface area contributed by atoms with Gasteiger partial charge < -0.3 is 0 Å². The van der Waals surface area contributed by atoms with Crippen molar-refractivity contribution in [3.8, 4) is 0 Å². The van der Waals surface area contributed by atoms with Crippen LogP contribution in [0.15, 0.2) is 0 Å². The fourth-order valence-corrected chi connectivity index (χ4v) is 0. The Hall–Kier alpha value is 3.02. The molecule has 6 heteroatoms. The van der Waals surface area contributed by atoms with Gasteiger partial charge in [0.05, 0.1) is 0 Å². The lowest BCUT2D eigenvalue weighted by Gasteiger charge is -1.11. The van der Waals surface area contributed by atoms with Gasteiger partial charge in [-0.25, -0.2) is 0 Å². The largest absolute Gasteiger partial charge is 0.197 e. The maximum absolute atomic E-state index is 3.53. The molecular weight excluding hydrogens is 476 g/mol. The van der Waals surface area contributed by atoms with Crippen molar-refractivity contribution in [1.82, 2.24) is 0 Å². The van der Waals surface area contributed by atoms with Gasteiger partial charge >= 0.3 is 0 Å². The molecule has 0 rings (SSSR count). The van der Waals surface area contributed by atoms with E-state index in [1.54, 1.807) is 6.26 Å². The second-order valence-electron chi connectivity index (χ2n) is 0. The van der Waals surface area contributed by atoms with Gasteiger partial charge in [-0.15, -0.1) is 33.2 Å². The molecule has 0 N–H and O–H groups in total. The van der Waals surface area contributed by atoms with Gasteiger partial charge in [-0.2, -0.15) is 36.0 Å². The summed E-state index contributed by atoms with van der Waals surface area (Å²) in [4.78, 5) is 1.97. The van der Waals surface area contributed by atoms with Gasteiger partial charge in [0.25, 0.3) is 0 Å². The van der Waals surface area contributed by atoms with Crippen molar-refractivity contribution in [2.45, 2.75) is 37.1 Å². The summed E-state index contributed by atoms with van der Waals surface area (Å²) in [7, 11) is 2.42. The van der Waals surface area contributed by atoms with Crippen LogP contribution in [0.5, 0.6) is 0 Å². The number of halogens is 2. The van der Waals surface area contributed by atoms with Crippen LogP contribution >= 0.6 is 91.8 Å². The van der Waals surface area contributed by atoms with E-state index in [-0.39, 0.29) is 84.5 Å². The van der Waals surface area contributed by atoms with Gasteiger partial charge in [0, 0.05) is 0 Å². The van der Waals surface area contributed by atoms with E-state index in [0.29, 0.717) is 0 Å². The quantitative estimate of drug-likeness (QED) is 0.173. The lowest BCUT2D eigenvalue weighted by atomic mass is 12.0. The standard InChI is InChI=1S/CH3I.CH5P.CH4S.5CH4.HI.H3P.H2S/c3*1-2;;;;;;;;/h1H3;2H2,1H3;2H,1H3;5*1H4;1H;1H3;1H2. The molecule has 0 bridgehead atoms. The van der Waals surface area contributed by atoms with Crippen LogP contribution in [-0.4, -0.2) is 17.9 Å². The van der Waals surface area contributed by atoms with Crippen molar-refractivity contribution in [2.24, 2.45) is 0 Å². The average Bonchev–Trinajstić information content (AvgIpc) is 1.81. The molecule has 0 aliphatic carbocycles. The number of rotatable bonds is 0. The zero-order chi connectivity index (χ0) is 6.00. The first-order valence-corrected chi connectivity index (χ1v) is 5.61. The Morgan fingerprint density at radius 2 is 0.786 bits per heavy atom. The molecular formula is C8H38I2P2S2. The summed E-state index contributed by atoms with van der Waals surface area (Å²) in [5.41, 5.74) is 0. The molecule has 0 aromatic heterocycles. The predicted molar refractivity (Wildman–Crippen MR) is 121 cm³/mol. The summed E-state index contributed by atoms with van der Waals surface area (Å²) in [5, 5.41) is 0. The number of hydrogen-bond donors (Lipinski definition) is 1. The number of alkyl halides is 1. The molecule has 0 spiro atoms. The van der Waals surface area contributed by atoms with Crippen LogP contribution in [0.25, 0.3) is 0 Å². The highest BCUT2D eigenvalue weighted by Crippen LogP contribution is 1.48. The lowest BCUT2D eigenvalue weighted by Crippen LogP contribution is -0.865. The molecule has 0 heterocycles. The van der Waals surface area contributed by atoms with Crippen LogP contribution in [0.2, 0.25) is 0 Å². The summed E-state index contributed by atoms with van der Waals surface area (Å²) in [6, 6.07) is 0. The van der Waals surface area contributed by atoms with E-state index >= 15 is 0 Å². The zero-order valence-electron chi connectivity index (χ0n) is 6.02. The van der Waals surface area contributed by atoms with Crippen LogP contribution in [-0.2, 0) is 0 Å². The molecule has 0 aliphatic heterocycles. The van der Waals surface area contributed by atoms with Gasteiger partial charge in [-0.1, -0.05) is 66.4 Å². The van der Waals surface area contributed by atoms with Crippen LogP contribution in [0.4, 0.5) is 0 Å². The smallest absolute Gasteiger partial charge is 0.0121 e. The minimum absolute atomic E-state index is 0. The summed E-state index contributed by atoms with van der Waals surface area (Å²) in [5.74, 6) is 0. The highest BCUT2D eigenvalue weighted by molar-refractivity contribution is 14.1. The molecule has 2 unspecified atom stereocenters. The third kappa shape index (κ3) is 324. The third-order valence-corrected chi connectivity index (χ3v) is 0. The second-order valence-corrected chi connectivity index (χ2v) is 0. The first kappa shape index (κ1) is 121. The van der Waals surface area contributed by atoms with E-state index in [1.807, 2.05) is 11.6 Å². The van der Waals surface area contributed by atoms with E-state index in [9.17, 15) is 0 Å². The molecule has 2 atom stereocenters. The molecule has 0 radical (unpaired) electrons. The van der Waals surface area contributed by atoms with Crippen LogP contribution in [0, 0.1) is 0 Å². The van der Waals surface area contributed by atoms with Gasteiger partial charge in [0.15, 0.2) is 0 Å². The SMILES string of the molecule is C.C.C.C.C.CI.CP.CS.I.P.S. The first-order chi connectivity index (χ1) is 3.00. The fourth-order valence-electron chi connectivity index (χ4n) is 0. The maximum atomic E-state index is 3.53. The highest BCUT2D eigenvalue weighted by atomic mass is 127. The van der Waals surface area contributed by atoms with Crippen molar-refractivity contribution in [1.29, 1.82) is 0 Å². The molecule has 0 amide bonds. The Bertz CT molecular complexity index is 23.3. The Balaban J connectivity index is -0.000000000833. The monoisotopic (exact) mass is 514 g/mol. The summed E-state index contributed by atoms with van der Waals surface area (Å²) >= 11 is 5.68. The van der Waals surface area contributed by atoms with Crippen molar-refractivity contribution < 1.29 is 0 Å². The molecule has 0 fully saturated rings. The van der Waals surface area contributed by atoms with E-state index in [1.165, 1.54) is 0 Å². The number of hydrogen-bond acceptors (Lipinski definition) is 1. The summed E-state index contributed by atoms with van der Waals surface area (Å²) < 4.78 is 0. The van der Waals surface area contributed by atoms with E-state index in [0.717, 1.165) is 0 Å². The van der Waals surface area contributed by atoms with Gasteiger partial charge in [0.2, 0.25) is 0 Å². The van der Waals surface area contributed by atoms with Gasteiger partial charge in [-0.05, 0) is 11.2 Å². The van der Waals surface area contributed by atoms with Crippen molar-refractivity contribution in [2.75, 3.05) is 17.9 Å².